The summed E-state index contributed by atoms with van der Waals surface area (Å²) in [5, 5.41) is 7.15. The number of thiazole rings is 1. The fourth-order valence-corrected chi connectivity index (χ4v) is 5.35. The Bertz CT molecular complexity index is 1370. The third kappa shape index (κ3) is 5.91. The Morgan fingerprint density at radius 2 is 1.76 bits per heavy atom. The largest absolute Gasteiger partial charge is 0.497 e. The fourth-order valence-electron chi connectivity index (χ4n) is 4.19. The van der Waals surface area contributed by atoms with Gasteiger partial charge in [-0.15, -0.1) is 11.3 Å². The van der Waals surface area contributed by atoms with Crippen molar-refractivity contribution in [3.63, 3.8) is 0 Å². The van der Waals surface area contributed by atoms with Crippen molar-refractivity contribution < 1.29 is 9.53 Å². The number of benzene rings is 3. The fraction of sp³-hybridized carbons (Fsp3) is 0.214. The topological polar surface area (TPSA) is 57.7 Å². The lowest BCUT2D eigenvalue weighted by Crippen LogP contribution is -2.46. The van der Waals surface area contributed by atoms with Crippen LogP contribution in [0.2, 0.25) is 10.0 Å². The normalized spacial score (nSPS) is 13.4. The first-order chi connectivity index (χ1) is 18.0. The van der Waals surface area contributed by atoms with Gasteiger partial charge in [0.05, 0.1) is 29.4 Å². The third-order valence-electron chi connectivity index (χ3n) is 6.27. The minimum atomic E-state index is 0.0752. The molecule has 1 fully saturated rings. The van der Waals surface area contributed by atoms with Crippen LogP contribution in [-0.4, -0.2) is 49.1 Å². The Morgan fingerprint density at radius 3 is 2.43 bits per heavy atom. The van der Waals surface area contributed by atoms with Crippen molar-refractivity contribution in [2.45, 2.75) is 6.54 Å². The standard InChI is InChI=1S/C28H26Cl2N4O2S/c1-36-23-9-7-22(8-10-23)34(28-32-26(18-37-28)21-6-11-24(29)25(30)16-21)17-19-2-4-20(5-3-19)27(35)33-14-12-31-13-15-33/h2-11,16,18,31H,12-15,17H2,1H3. The summed E-state index contributed by atoms with van der Waals surface area (Å²) in [6.07, 6.45) is 0. The van der Waals surface area contributed by atoms with Gasteiger partial charge < -0.3 is 19.9 Å². The lowest BCUT2D eigenvalue weighted by Gasteiger charge is -2.27. The second-order valence-corrected chi connectivity index (χ2v) is 10.3. The van der Waals surface area contributed by atoms with E-state index in [1.54, 1.807) is 24.5 Å². The van der Waals surface area contributed by atoms with Gasteiger partial charge in [-0.2, -0.15) is 0 Å². The van der Waals surface area contributed by atoms with Crippen molar-refractivity contribution in [2.75, 3.05) is 38.2 Å². The van der Waals surface area contributed by atoms with Crippen molar-refractivity contribution in [1.82, 2.24) is 15.2 Å². The Hall–Kier alpha value is -3.10. The number of nitrogens with one attached hydrogen (secondary N) is 1. The van der Waals surface area contributed by atoms with E-state index in [4.69, 9.17) is 32.9 Å². The van der Waals surface area contributed by atoms with Gasteiger partial charge in [0.2, 0.25) is 0 Å². The van der Waals surface area contributed by atoms with Gasteiger partial charge in [0.25, 0.3) is 5.91 Å². The van der Waals surface area contributed by atoms with Crippen LogP contribution in [0.5, 0.6) is 5.75 Å². The predicted molar refractivity (Wildman–Crippen MR) is 152 cm³/mol. The molecule has 190 valence electrons. The van der Waals surface area contributed by atoms with E-state index in [-0.39, 0.29) is 5.91 Å². The van der Waals surface area contributed by atoms with Crippen LogP contribution >= 0.6 is 34.5 Å². The molecule has 6 nitrogen and oxygen atoms in total. The number of methoxy groups -OCH3 is 1. The number of hydrogen-bond acceptors (Lipinski definition) is 6. The summed E-state index contributed by atoms with van der Waals surface area (Å²) in [7, 11) is 1.65. The maximum Gasteiger partial charge on any atom is 0.253 e. The van der Waals surface area contributed by atoms with Crippen LogP contribution in [-0.2, 0) is 6.54 Å². The Balaban J connectivity index is 1.41. The molecule has 1 amide bonds. The molecule has 1 N–H and O–H groups in total. The molecule has 3 aromatic carbocycles. The highest BCUT2D eigenvalue weighted by atomic mass is 35.5. The van der Waals surface area contributed by atoms with Gasteiger partial charge in [0, 0.05) is 48.4 Å². The molecular weight excluding hydrogens is 527 g/mol. The quantitative estimate of drug-likeness (QED) is 0.283. The molecule has 1 saturated heterocycles. The highest BCUT2D eigenvalue weighted by Gasteiger charge is 2.19. The number of anilines is 2. The molecule has 37 heavy (non-hydrogen) atoms. The average Bonchev–Trinajstić information content (AvgIpc) is 3.44. The van der Waals surface area contributed by atoms with Crippen molar-refractivity contribution in [2.24, 2.45) is 0 Å². The summed E-state index contributed by atoms with van der Waals surface area (Å²) in [5.74, 6) is 0.862. The molecule has 4 aromatic rings. The summed E-state index contributed by atoms with van der Waals surface area (Å²) < 4.78 is 5.35. The number of hydrogen-bond donors (Lipinski definition) is 1. The number of piperazine rings is 1. The van der Waals surface area contributed by atoms with Crippen LogP contribution in [0.25, 0.3) is 11.3 Å². The smallest absolute Gasteiger partial charge is 0.253 e. The van der Waals surface area contributed by atoms with Gasteiger partial charge >= 0.3 is 0 Å². The number of aromatic nitrogens is 1. The predicted octanol–water partition coefficient (Wildman–Crippen LogP) is 6.51. The molecule has 1 aliphatic heterocycles. The molecule has 0 spiro atoms. The molecule has 1 aromatic heterocycles. The van der Waals surface area contributed by atoms with Crippen molar-refractivity contribution in [1.29, 1.82) is 0 Å². The van der Waals surface area contributed by atoms with E-state index in [1.165, 1.54) is 0 Å². The van der Waals surface area contributed by atoms with Crippen molar-refractivity contribution in [3.8, 4) is 17.0 Å². The number of ether oxygens (including phenoxy) is 1. The molecular formula is C28H26Cl2N4O2S. The molecule has 0 bridgehead atoms. The number of nitrogens with zero attached hydrogens (tertiary/aromatic N) is 3. The van der Waals surface area contributed by atoms with E-state index in [0.717, 1.165) is 59.6 Å². The lowest BCUT2D eigenvalue weighted by atomic mass is 10.1. The van der Waals surface area contributed by atoms with E-state index < -0.39 is 0 Å². The zero-order valence-corrected chi connectivity index (χ0v) is 22.6. The van der Waals surface area contributed by atoms with E-state index >= 15 is 0 Å². The molecule has 0 saturated carbocycles. The molecule has 5 rings (SSSR count). The van der Waals surface area contributed by atoms with E-state index in [2.05, 4.69) is 10.2 Å². The summed E-state index contributed by atoms with van der Waals surface area (Å²) in [5.41, 5.74) is 4.49. The van der Waals surface area contributed by atoms with Crippen LogP contribution < -0.4 is 15.0 Å². The molecule has 2 heterocycles. The number of rotatable bonds is 7. The first-order valence-corrected chi connectivity index (χ1v) is 13.6. The van der Waals surface area contributed by atoms with E-state index in [0.29, 0.717) is 22.2 Å². The Morgan fingerprint density at radius 1 is 1.03 bits per heavy atom. The van der Waals surface area contributed by atoms with Gasteiger partial charge in [-0.25, -0.2) is 4.98 Å². The maximum absolute atomic E-state index is 12.9. The first kappa shape index (κ1) is 25.5. The summed E-state index contributed by atoms with van der Waals surface area (Å²) in [6, 6.07) is 21.3. The molecule has 0 aliphatic carbocycles. The van der Waals surface area contributed by atoms with E-state index in [1.807, 2.05) is 70.9 Å². The van der Waals surface area contributed by atoms with Gasteiger partial charge in [-0.05, 0) is 54.1 Å². The van der Waals surface area contributed by atoms with E-state index in [9.17, 15) is 4.79 Å². The molecule has 0 unspecified atom stereocenters. The Labute approximate surface area is 230 Å². The average molecular weight is 554 g/mol. The van der Waals surface area contributed by atoms with Crippen LogP contribution in [0.3, 0.4) is 0 Å². The second kappa shape index (κ2) is 11.5. The van der Waals surface area contributed by atoms with Crippen LogP contribution in [0, 0.1) is 0 Å². The van der Waals surface area contributed by atoms with Gasteiger partial charge in [0.1, 0.15) is 5.75 Å². The zero-order chi connectivity index (χ0) is 25.8. The third-order valence-corrected chi connectivity index (χ3v) is 7.87. The first-order valence-electron chi connectivity index (χ1n) is 11.9. The maximum atomic E-state index is 12.9. The molecule has 1 aliphatic rings. The zero-order valence-electron chi connectivity index (χ0n) is 20.3. The summed E-state index contributed by atoms with van der Waals surface area (Å²) in [6.45, 7) is 3.72. The SMILES string of the molecule is COc1ccc(N(Cc2ccc(C(=O)N3CCNCC3)cc2)c2nc(-c3ccc(Cl)c(Cl)c3)cs2)cc1. The monoisotopic (exact) mass is 552 g/mol. The number of carbonyl (C=O) groups is 1. The highest BCUT2D eigenvalue weighted by Crippen LogP contribution is 2.36. The minimum absolute atomic E-state index is 0.0752. The number of halogens is 2. The number of carbonyl (C=O) groups excluding carboxylic acids is 1. The molecule has 9 heteroatoms. The second-order valence-electron chi connectivity index (χ2n) is 8.67. The molecule has 0 radical (unpaired) electrons. The van der Waals surface area contributed by atoms with Gasteiger partial charge in [-0.1, -0.05) is 41.4 Å². The summed E-state index contributed by atoms with van der Waals surface area (Å²) >= 11 is 13.9. The molecule has 0 atom stereocenters. The highest BCUT2D eigenvalue weighted by molar-refractivity contribution is 7.14. The minimum Gasteiger partial charge on any atom is -0.497 e. The van der Waals surface area contributed by atoms with Crippen molar-refractivity contribution >= 4 is 51.3 Å². The lowest BCUT2D eigenvalue weighted by molar-refractivity contribution is 0.0736. The van der Waals surface area contributed by atoms with Crippen LogP contribution in [0.1, 0.15) is 15.9 Å². The van der Waals surface area contributed by atoms with Crippen molar-refractivity contribution in [3.05, 3.63) is 93.3 Å². The number of amides is 1. The van der Waals surface area contributed by atoms with Crippen LogP contribution in [0.15, 0.2) is 72.1 Å². The Kier molecular flexibility index (Phi) is 7.96. The summed E-state index contributed by atoms with van der Waals surface area (Å²) in [4.78, 5) is 21.8. The van der Waals surface area contributed by atoms with Gasteiger partial charge in [-0.3, -0.25) is 4.79 Å². The van der Waals surface area contributed by atoms with Crippen LogP contribution in [0.4, 0.5) is 10.8 Å². The van der Waals surface area contributed by atoms with Gasteiger partial charge in [0.15, 0.2) is 5.13 Å².